The Bertz CT molecular complexity index is 561. The maximum absolute atomic E-state index is 13.5. The molecule has 1 aromatic rings. The van der Waals surface area contributed by atoms with Crippen LogP contribution in [0.1, 0.15) is 12.5 Å². The van der Waals surface area contributed by atoms with Crippen molar-refractivity contribution >= 4 is 10.0 Å². The van der Waals surface area contributed by atoms with E-state index in [1.165, 1.54) is 23.5 Å². The van der Waals surface area contributed by atoms with E-state index in [1.807, 2.05) is 25.9 Å². The highest BCUT2D eigenvalue weighted by molar-refractivity contribution is 7.89. The van der Waals surface area contributed by atoms with Gasteiger partial charge in [0.15, 0.2) is 0 Å². The monoisotopic (exact) mass is 317 g/mol. The lowest BCUT2D eigenvalue weighted by molar-refractivity contribution is 0.358. The molecule has 120 valence electrons. The molecule has 0 saturated carbocycles. The first-order valence-electron chi connectivity index (χ1n) is 6.89. The van der Waals surface area contributed by atoms with Crippen LogP contribution in [-0.2, 0) is 16.6 Å². The summed E-state index contributed by atoms with van der Waals surface area (Å²) >= 11 is 0. The van der Waals surface area contributed by atoms with Gasteiger partial charge in [0.2, 0.25) is 10.0 Å². The van der Waals surface area contributed by atoms with Crippen molar-refractivity contribution in [2.45, 2.75) is 18.4 Å². The van der Waals surface area contributed by atoms with Gasteiger partial charge in [-0.3, -0.25) is 0 Å². The van der Waals surface area contributed by atoms with Gasteiger partial charge in [-0.1, -0.05) is 13.0 Å². The first-order chi connectivity index (χ1) is 9.78. The molecular weight excluding hydrogens is 293 g/mol. The van der Waals surface area contributed by atoms with Crippen LogP contribution in [0.5, 0.6) is 0 Å². The summed E-state index contributed by atoms with van der Waals surface area (Å²) in [6, 6.07) is 3.89. The highest BCUT2D eigenvalue weighted by Gasteiger charge is 2.24. The first kappa shape index (κ1) is 18.0. The third-order valence-electron chi connectivity index (χ3n) is 3.14. The predicted octanol–water partition coefficient (Wildman–Crippen LogP) is 1.12. The van der Waals surface area contributed by atoms with Crippen molar-refractivity contribution in [1.29, 1.82) is 0 Å². The molecule has 0 aliphatic rings. The van der Waals surface area contributed by atoms with E-state index in [2.05, 4.69) is 5.32 Å². The topological polar surface area (TPSA) is 52.7 Å². The van der Waals surface area contributed by atoms with Gasteiger partial charge in [0, 0.05) is 26.7 Å². The fourth-order valence-electron chi connectivity index (χ4n) is 1.80. The average Bonchev–Trinajstić information content (AvgIpc) is 2.43. The van der Waals surface area contributed by atoms with Crippen LogP contribution in [0.25, 0.3) is 0 Å². The van der Waals surface area contributed by atoms with E-state index in [9.17, 15) is 12.8 Å². The van der Waals surface area contributed by atoms with Crippen molar-refractivity contribution in [3.05, 3.63) is 29.6 Å². The second-order valence-corrected chi connectivity index (χ2v) is 7.18. The zero-order chi connectivity index (χ0) is 16.0. The van der Waals surface area contributed by atoms with Crippen molar-refractivity contribution in [2.75, 3.05) is 40.8 Å². The van der Waals surface area contributed by atoms with Crippen LogP contribution < -0.4 is 5.32 Å². The van der Waals surface area contributed by atoms with E-state index in [4.69, 9.17) is 0 Å². The molecule has 0 atom stereocenters. The van der Waals surface area contributed by atoms with Crippen molar-refractivity contribution in [3.63, 3.8) is 0 Å². The Morgan fingerprint density at radius 1 is 1.19 bits per heavy atom. The minimum atomic E-state index is -3.69. The average molecular weight is 317 g/mol. The molecule has 0 aliphatic heterocycles. The number of sulfonamides is 1. The normalized spacial score (nSPS) is 12.3. The third-order valence-corrected chi connectivity index (χ3v) is 5.08. The number of rotatable bonds is 8. The van der Waals surface area contributed by atoms with Gasteiger partial charge in [0.1, 0.15) is 5.82 Å². The van der Waals surface area contributed by atoms with Gasteiger partial charge in [0.05, 0.1) is 4.90 Å². The Balaban J connectivity index is 3.08. The molecule has 1 aromatic carbocycles. The van der Waals surface area contributed by atoms with Crippen molar-refractivity contribution in [1.82, 2.24) is 14.5 Å². The molecule has 1 N–H and O–H groups in total. The summed E-state index contributed by atoms with van der Waals surface area (Å²) in [5, 5.41) is 3.07. The van der Waals surface area contributed by atoms with Crippen LogP contribution in [0.2, 0.25) is 0 Å². The fraction of sp³-hybridized carbons (Fsp3) is 0.571. The number of halogens is 1. The van der Waals surface area contributed by atoms with E-state index in [-0.39, 0.29) is 4.90 Å². The second-order valence-electron chi connectivity index (χ2n) is 5.16. The van der Waals surface area contributed by atoms with Crippen LogP contribution >= 0.6 is 0 Å². The summed E-state index contributed by atoms with van der Waals surface area (Å²) in [5.74, 6) is -0.546. The molecule has 0 aliphatic carbocycles. The van der Waals surface area contributed by atoms with Crippen LogP contribution in [0.4, 0.5) is 4.39 Å². The van der Waals surface area contributed by atoms with E-state index in [0.29, 0.717) is 31.7 Å². The number of hydrogen-bond acceptors (Lipinski definition) is 4. The largest absolute Gasteiger partial charge is 0.313 e. The fourth-order valence-corrected chi connectivity index (χ4v) is 3.19. The van der Waals surface area contributed by atoms with Gasteiger partial charge in [-0.05, 0) is 38.3 Å². The SMILES string of the molecule is CCNCc1ccc(F)cc1S(=O)(=O)N(C)CCN(C)C. The smallest absolute Gasteiger partial charge is 0.243 e. The van der Waals surface area contributed by atoms with Crippen molar-refractivity contribution in [3.8, 4) is 0 Å². The predicted molar refractivity (Wildman–Crippen MR) is 82.2 cm³/mol. The molecule has 0 aromatic heterocycles. The molecule has 0 spiro atoms. The minimum Gasteiger partial charge on any atom is -0.313 e. The molecule has 0 radical (unpaired) electrons. The van der Waals surface area contributed by atoms with Gasteiger partial charge < -0.3 is 10.2 Å². The summed E-state index contributed by atoms with van der Waals surface area (Å²) in [7, 11) is 1.57. The first-order valence-corrected chi connectivity index (χ1v) is 8.33. The van der Waals surface area contributed by atoms with Gasteiger partial charge in [-0.2, -0.15) is 4.31 Å². The Morgan fingerprint density at radius 3 is 2.43 bits per heavy atom. The van der Waals surface area contributed by atoms with Crippen molar-refractivity contribution in [2.24, 2.45) is 0 Å². The molecule has 7 heteroatoms. The molecular formula is C14H24FN3O2S. The number of nitrogens with zero attached hydrogens (tertiary/aromatic N) is 2. The molecule has 21 heavy (non-hydrogen) atoms. The molecule has 5 nitrogen and oxygen atoms in total. The molecule has 0 saturated heterocycles. The Labute approximate surface area is 126 Å². The number of hydrogen-bond donors (Lipinski definition) is 1. The van der Waals surface area contributed by atoms with Crippen LogP contribution in [0.3, 0.4) is 0 Å². The number of nitrogens with one attached hydrogen (secondary N) is 1. The second kappa shape index (κ2) is 7.84. The maximum Gasteiger partial charge on any atom is 0.243 e. The highest BCUT2D eigenvalue weighted by atomic mass is 32.2. The summed E-state index contributed by atoms with van der Waals surface area (Å²) in [6.07, 6.45) is 0. The van der Waals surface area contributed by atoms with Crippen LogP contribution in [-0.4, -0.2) is 58.4 Å². The third kappa shape index (κ3) is 5.03. The molecule has 0 amide bonds. The van der Waals surface area contributed by atoms with E-state index < -0.39 is 15.8 Å². The summed E-state index contributed by atoms with van der Waals surface area (Å²) in [5.41, 5.74) is 0.579. The van der Waals surface area contributed by atoms with Crippen LogP contribution in [0.15, 0.2) is 23.1 Å². The van der Waals surface area contributed by atoms with E-state index in [1.54, 1.807) is 0 Å². The number of likely N-dealkylation sites (N-methyl/N-ethyl adjacent to an activating group) is 2. The van der Waals surface area contributed by atoms with E-state index >= 15 is 0 Å². The Hall–Kier alpha value is -1.02. The zero-order valence-electron chi connectivity index (χ0n) is 13.1. The van der Waals surface area contributed by atoms with Gasteiger partial charge in [-0.25, -0.2) is 12.8 Å². The molecule has 0 unspecified atom stereocenters. The maximum atomic E-state index is 13.5. The van der Waals surface area contributed by atoms with Gasteiger partial charge >= 0.3 is 0 Å². The molecule has 0 fully saturated rings. The standard InChI is InChI=1S/C14H24FN3O2S/c1-5-16-11-12-6-7-13(15)10-14(12)21(19,20)18(4)9-8-17(2)3/h6-7,10,16H,5,8-9,11H2,1-4H3. The summed E-state index contributed by atoms with van der Waals surface area (Å²) in [6.45, 7) is 4.00. The van der Waals surface area contributed by atoms with Gasteiger partial charge in [-0.15, -0.1) is 0 Å². The Kier molecular flexibility index (Phi) is 6.73. The van der Waals surface area contributed by atoms with Gasteiger partial charge in [0.25, 0.3) is 0 Å². The lowest BCUT2D eigenvalue weighted by Gasteiger charge is -2.21. The molecule has 0 heterocycles. The van der Waals surface area contributed by atoms with E-state index in [0.717, 1.165) is 6.07 Å². The lowest BCUT2D eigenvalue weighted by Crippen LogP contribution is -2.34. The summed E-state index contributed by atoms with van der Waals surface area (Å²) < 4.78 is 39.9. The lowest BCUT2D eigenvalue weighted by atomic mass is 10.2. The van der Waals surface area contributed by atoms with Crippen molar-refractivity contribution < 1.29 is 12.8 Å². The molecule has 1 rings (SSSR count). The molecule has 0 bridgehead atoms. The summed E-state index contributed by atoms with van der Waals surface area (Å²) in [4.78, 5) is 1.93. The van der Waals surface area contributed by atoms with Crippen LogP contribution in [0, 0.1) is 5.82 Å². The highest BCUT2D eigenvalue weighted by Crippen LogP contribution is 2.20. The quantitative estimate of drug-likeness (QED) is 0.781. The zero-order valence-corrected chi connectivity index (χ0v) is 13.9. The Morgan fingerprint density at radius 2 is 1.86 bits per heavy atom. The number of benzene rings is 1. The minimum absolute atomic E-state index is 0.0321.